The molecule has 33 heavy (non-hydrogen) atoms. The molecule has 1 atom stereocenters. The van der Waals surface area contributed by atoms with E-state index in [9.17, 15) is 9.18 Å². The van der Waals surface area contributed by atoms with Crippen LogP contribution in [0, 0.1) is 5.82 Å². The predicted octanol–water partition coefficient (Wildman–Crippen LogP) is 5.83. The molecule has 0 bridgehead atoms. The van der Waals surface area contributed by atoms with Crippen LogP contribution in [-0.4, -0.2) is 29.8 Å². The van der Waals surface area contributed by atoms with Crippen molar-refractivity contribution in [3.05, 3.63) is 81.2 Å². The van der Waals surface area contributed by atoms with E-state index in [2.05, 4.69) is 4.99 Å². The first-order valence-electron chi connectivity index (χ1n) is 10.3. The lowest BCUT2D eigenvalue weighted by Crippen LogP contribution is -2.34. The highest BCUT2D eigenvalue weighted by molar-refractivity contribution is 8.16. The number of fused-ring (bicyclic) bond motifs is 1. The maximum atomic E-state index is 14.4. The van der Waals surface area contributed by atoms with Gasteiger partial charge in [-0.25, -0.2) is 14.2 Å². The number of esters is 1. The minimum absolute atomic E-state index is 0.116. The zero-order chi connectivity index (χ0) is 23.5. The quantitative estimate of drug-likeness (QED) is 0.457. The van der Waals surface area contributed by atoms with E-state index < -0.39 is 17.8 Å². The SMILES string of the molecule is CCOC(=O)C1=C(C)N=C2SC=CN2C1c1cccc(OC)c1OCc1c(F)cccc1Cl. The Labute approximate surface area is 200 Å². The molecule has 0 fully saturated rings. The van der Waals surface area contributed by atoms with Crippen LogP contribution in [0.3, 0.4) is 0 Å². The largest absolute Gasteiger partial charge is 0.493 e. The molecular weight excluding hydrogens is 467 g/mol. The van der Waals surface area contributed by atoms with Crippen molar-refractivity contribution in [2.24, 2.45) is 4.99 Å². The predicted molar refractivity (Wildman–Crippen MR) is 127 cm³/mol. The van der Waals surface area contributed by atoms with Gasteiger partial charge in [-0.05, 0) is 37.5 Å². The molecule has 0 aliphatic carbocycles. The first-order chi connectivity index (χ1) is 16.0. The number of aliphatic imine (C=N–C) groups is 1. The number of carbonyl (C=O) groups excluding carboxylic acids is 1. The lowest BCUT2D eigenvalue weighted by molar-refractivity contribution is -0.139. The zero-order valence-corrected chi connectivity index (χ0v) is 19.9. The third-order valence-corrected chi connectivity index (χ3v) is 6.39. The molecule has 4 rings (SSSR count). The summed E-state index contributed by atoms with van der Waals surface area (Å²) in [7, 11) is 1.52. The molecule has 2 aromatic carbocycles. The lowest BCUT2D eigenvalue weighted by atomic mass is 9.93. The van der Waals surface area contributed by atoms with Crippen LogP contribution in [0.25, 0.3) is 0 Å². The molecule has 9 heteroatoms. The molecule has 0 amide bonds. The van der Waals surface area contributed by atoms with Gasteiger partial charge in [0, 0.05) is 17.3 Å². The Morgan fingerprint density at radius 3 is 2.79 bits per heavy atom. The Kier molecular flexibility index (Phi) is 6.95. The van der Waals surface area contributed by atoms with Crippen LogP contribution in [-0.2, 0) is 16.1 Å². The zero-order valence-electron chi connectivity index (χ0n) is 18.3. The number of nitrogens with zero attached hydrogens (tertiary/aromatic N) is 2. The van der Waals surface area contributed by atoms with Crippen LogP contribution >= 0.6 is 23.4 Å². The number of halogens is 2. The van der Waals surface area contributed by atoms with E-state index >= 15 is 0 Å². The van der Waals surface area contributed by atoms with E-state index in [1.165, 1.54) is 31.0 Å². The topological polar surface area (TPSA) is 60.4 Å². The fourth-order valence-electron chi connectivity index (χ4n) is 3.75. The van der Waals surface area contributed by atoms with Gasteiger partial charge in [-0.15, -0.1) is 0 Å². The molecule has 0 saturated heterocycles. The summed E-state index contributed by atoms with van der Waals surface area (Å²) < 4.78 is 31.4. The van der Waals surface area contributed by atoms with Crippen molar-refractivity contribution in [2.45, 2.75) is 26.5 Å². The van der Waals surface area contributed by atoms with Crippen molar-refractivity contribution in [3.8, 4) is 11.5 Å². The molecule has 0 N–H and O–H groups in total. The van der Waals surface area contributed by atoms with E-state index in [0.29, 0.717) is 28.3 Å². The fraction of sp³-hybridized carbons (Fsp3) is 0.250. The van der Waals surface area contributed by atoms with Crippen molar-refractivity contribution in [1.29, 1.82) is 0 Å². The molecule has 2 aliphatic heterocycles. The number of amidine groups is 1. The summed E-state index contributed by atoms with van der Waals surface area (Å²) in [6, 6.07) is 9.31. The second kappa shape index (κ2) is 9.89. The van der Waals surface area contributed by atoms with Gasteiger partial charge in [0.25, 0.3) is 0 Å². The molecule has 2 aromatic rings. The van der Waals surface area contributed by atoms with Crippen molar-refractivity contribution < 1.29 is 23.4 Å². The molecule has 1 unspecified atom stereocenters. The van der Waals surface area contributed by atoms with Gasteiger partial charge in [-0.1, -0.05) is 41.6 Å². The van der Waals surface area contributed by atoms with E-state index in [1.54, 1.807) is 26.0 Å². The number of carbonyl (C=O) groups is 1. The van der Waals surface area contributed by atoms with Crippen LogP contribution in [0.5, 0.6) is 11.5 Å². The number of rotatable bonds is 7. The molecule has 2 heterocycles. The Bertz CT molecular complexity index is 1160. The van der Waals surface area contributed by atoms with Gasteiger partial charge in [-0.2, -0.15) is 0 Å². The monoisotopic (exact) mass is 488 g/mol. The molecule has 2 aliphatic rings. The van der Waals surface area contributed by atoms with Gasteiger partial charge < -0.3 is 19.1 Å². The van der Waals surface area contributed by atoms with Gasteiger partial charge in [0.2, 0.25) is 0 Å². The standard InChI is InChI=1S/C24H22ClFN2O4S/c1-4-31-23(29)20-14(2)27-24-28(11-12-33-24)21(20)15-7-5-10-19(30-3)22(15)32-13-16-17(25)8-6-9-18(16)26/h5-12,21H,4,13H2,1-3H3. The summed E-state index contributed by atoms with van der Waals surface area (Å²) in [4.78, 5) is 19.4. The minimum atomic E-state index is -0.566. The number of hydrogen-bond acceptors (Lipinski definition) is 7. The first-order valence-corrected chi connectivity index (χ1v) is 11.5. The fourth-order valence-corrected chi connectivity index (χ4v) is 4.76. The second-order valence-corrected chi connectivity index (χ2v) is 8.47. The first kappa shape index (κ1) is 23.2. The van der Waals surface area contributed by atoms with E-state index in [0.717, 1.165) is 5.17 Å². The molecular formula is C24H22ClFN2O4S. The summed E-state index contributed by atoms with van der Waals surface area (Å²) in [5.74, 6) is -0.0990. The number of para-hydroxylation sites is 1. The van der Waals surface area contributed by atoms with Crippen LogP contribution in [0.15, 0.2) is 64.3 Å². The summed E-state index contributed by atoms with van der Waals surface area (Å²) in [6.45, 7) is 3.65. The number of benzene rings is 2. The Balaban J connectivity index is 1.81. The van der Waals surface area contributed by atoms with Gasteiger partial charge >= 0.3 is 5.97 Å². The summed E-state index contributed by atoms with van der Waals surface area (Å²) in [6.07, 6.45) is 1.86. The summed E-state index contributed by atoms with van der Waals surface area (Å²) in [5, 5.41) is 2.89. The van der Waals surface area contributed by atoms with Crippen LogP contribution in [0.2, 0.25) is 5.02 Å². The van der Waals surface area contributed by atoms with Crippen molar-refractivity contribution >= 4 is 34.5 Å². The van der Waals surface area contributed by atoms with E-state index in [4.69, 9.17) is 25.8 Å². The molecule has 6 nitrogen and oxygen atoms in total. The number of ether oxygens (including phenoxy) is 3. The van der Waals surface area contributed by atoms with E-state index in [1.807, 2.05) is 28.6 Å². The minimum Gasteiger partial charge on any atom is -0.493 e. The van der Waals surface area contributed by atoms with Crippen LogP contribution in [0.4, 0.5) is 4.39 Å². The Morgan fingerprint density at radius 1 is 1.27 bits per heavy atom. The average Bonchev–Trinajstić information content (AvgIpc) is 3.26. The molecule has 172 valence electrons. The molecule has 0 aromatic heterocycles. The number of allylic oxidation sites excluding steroid dienone is 1. The second-order valence-electron chi connectivity index (χ2n) is 7.19. The highest BCUT2D eigenvalue weighted by Crippen LogP contribution is 2.46. The Hall–Kier alpha value is -2.97. The normalized spacial score (nSPS) is 17.1. The molecule has 0 radical (unpaired) electrons. The maximum absolute atomic E-state index is 14.4. The molecule has 0 spiro atoms. The van der Waals surface area contributed by atoms with Gasteiger partial charge in [-0.3, -0.25) is 0 Å². The number of hydrogen-bond donors (Lipinski definition) is 0. The van der Waals surface area contributed by atoms with Gasteiger partial charge in [0.1, 0.15) is 12.4 Å². The summed E-state index contributed by atoms with van der Waals surface area (Å²) in [5.41, 5.74) is 1.85. The summed E-state index contributed by atoms with van der Waals surface area (Å²) >= 11 is 7.65. The lowest BCUT2D eigenvalue weighted by Gasteiger charge is -2.34. The maximum Gasteiger partial charge on any atom is 0.338 e. The highest BCUT2D eigenvalue weighted by atomic mass is 35.5. The third kappa shape index (κ3) is 4.45. The number of methoxy groups -OCH3 is 1. The molecule has 0 saturated carbocycles. The van der Waals surface area contributed by atoms with Crippen LogP contribution < -0.4 is 9.47 Å². The third-order valence-electron chi connectivity index (χ3n) is 5.26. The van der Waals surface area contributed by atoms with Crippen LogP contribution in [0.1, 0.15) is 31.0 Å². The van der Waals surface area contributed by atoms with Crippen molar-refractivity contribution in [3.63, 3.8) is 0 Å². The van der Waals surface area contributed by atoms with Crippen molar-refractivity contribution in [2.75, 3.05) is 13.7 Å². The van der Waals surface area contributed by atoms with E-state index in [-0.39, 0.29) is 23.8 Å². The Morgan fingerprint density at radius 2 is 2.06 bits per heavy atom. The average molecular weight is 489 g/mol. The smallest absolute Gasteiger partial charge is 0.338 e. The van der Waals surface area contributed by atoms with Crippen molar-refractivity contribution in [1.82, 2.24) is 4.90 Å². The number of thioether (sulfide) groups is 1. The van der Waals surface area contributed by atoms with Gasteiger partial charge in [0.15, 0.2) is 16.7 Å². The van der Waals surface area contributed by atoms with Gasteiger partial charge in [0.05, 0.1) is 36.1 Å². The highest BCUT2D eigenvalue weighted by Gasteiger charge is 2.39.